The summed E-state index contributed by atoms with van der Waals surface area (Å²) in [5.41, 5.74) is 8.25. The number of benzene rings is 1. The van der Waals surface area contributed by atoms with Crippen molar-refractivity contribution >= 4 is 23.5 Å². The lowest BCUT2D eigenvalue weighted by Gasteiger charge is -2.37. The summed E-state index contributed by atoms with van der Waals surface area (Å²) in [6, 6.07) is 8.79. The highest BCUT2D eigenvalue weighted by molar-refractivity contribution is 6.00. The largest absolute Gasteiger partial charge is 0.490 e. The second-order valence-electron chi connectivity index (χ2n) is 9.80. The lowest BCUT2D eigenvalue weighted by Crippen LogP contribution is -2.47. The predicted octanol–water partition coefficient (Wildman–Crippen LogP) is 2.87. The number of halogens is 3. The number of nitrogens with two attached hydrogens (primary N) is 1. The number of piperazine rings is 1. The molecule has 1 aliphatic carbocycles. The molecule has 0 radical (unpaired) electrons. The monoisotopic (exact) mass is 512 g/mol. The molecule has 1 atom stereocenters. The van der Waals surface area contributed by atoms with Gasteiger partial charge in [-0.25, -0.2) is 4.79 Å². The van der Waals surface area contributed by atoms with Gasteiger partial charge in [0.15, 0.2) is 0 Å². The first-order valence-electron chi connectivity index (χ1n) is 12.5. The van der Waals surface area contributed by atoms with Crippen LogP contribution in [-0.2, 0) is 14.4 Å². The summed E-state index contributed by atoms with van der Waals surface area (Å²) < 4.78 is 31.7. The van der Waals surface area contributed by atoms with E-state index in [0.717, 1.165) is 37.7 Å². The first-order chi connectivity index (χ1) is 17.0. The molecule has 2 saturated heterocycles. The molecule has 1 aromatic carbocycles. The van der Waals surface area contributed by atoms with Crippen molar-refractivity contribution in [2.45, 2.75) is 63.1 Å². The Balaban J connectivity index is 0.000000454. The van der Waals surface area contributed by atoms with Gasteiger partial charge in [-0.3, -0.25) is 19.8 Å². The third-order valence-electron chi connectivity index (χ3n) is 7.26. The van der Waals surface area contributed by atoms with Gasteiger partial charge in [0, 0.05) is 44.3 Å². The lowest BCUT2D eigenvalue weighted by molar-refractivity contribution is -0.192. The molecule has 2 aliphatic heterocycles. The minimum atomic E-state index is -5.08. The number of carboxylic acids is 1. The SMILES string of the molecule is NC1CCC(CCN2CCN(c3ccc(C4CCC(=O)NC4=O)cc3)CC2)CC1.O=C(O)C(F)(F)F. The van der Waals surface area contributed by atoms with E-state index in [1.807, 2.05) is 0 Å². The van der Waals surface area contributed by atoms with Crippen molar-refractivity contribution in [3.63, 3.8) is 0 Å². The maximum atomic E-state index is 12.1. The fourth-order valence-electron chi connectivity index (χ4n) is 5.00. The molecule has 3 fully saturated rings. The summed E-state index contributed by atoms with van der Waals surface area (Å²) in [5, 5.41) is 9.57. The van der Waals surface area contributed by atoms with Crippen LogP contribution in [0.5, 0.6) is 0 Å². The Bertz CT molecular complexity index is 894. The maximum Gasteiger partial charge on any atom is 0.490 e. The standard InChI is InChI=1S/C23H34N4O2.C2HF3O2/c24-19-5-1-17(2-6-19)11-12-26-13-15-27(16-14-26)20-7-3-18(4-8-20)21-9-10-22(28)25-23(21)29;3-2(4,5)1(6)7/h3-4,7-8,17,19,21H,1-2,5-6,9-16,24H2,(H,25,28,29);(H,6,7). The number of anilines is 1. The van der Waals surface area contributed by atoms with Crippen LogP contribution in [0.1, 0.15) is 56.4 Å². The van der Waals surface area contributed by atoms with Crippen molar-refractivity contribution in [1.82, 2.24) is 10.2 Å². The van der Waals surface area contributed by atoms with E-state index >= 15 is 0 Å². The van der Waals surface area contributed by atoms with Crippen LogP contribution < -0.4 is 16.0 Å². The number of imide groups is 1. The zero-order valence-electron chi connectivity index (χ0n) is 20.3. The number of alkyl halides is 3. The third-order valence-corrected chi connectivity index (χ3v) is 7.26. The number of nitrogens with one attached hydrogen (secondary N) is 1. The van der Waals surface area contributed by atoms with E-state index in [0.29, 0.717) is 18.9 Å². The quantitative estimate of drug-likeness (QED) is 0.520. The Kier molecular flexibility index (Phi) is 9.72. The molecule has 4 N–H and O–H groups in total. The molecule has 0 bridgehead atoms. The Morgan fingerprint density at radius 2 is 1.58 bits per heavy atom. The first-order valence-corrected chi connectivity index (χ1v) is 12.5. The van der Waals surface area contributed by atoms with E-state index in [4.69, 9.17) is 15.6 Å². The van der Waals surface area contributed by atoms with Crippen LogP contribution in [0.25, 0.3) is 0 Å². The number of hydrogen-bond acceptors (Lipinski definition) is 6. The van der Waals surface area contributed by atoms with Gasteiger partial charge in [0.25, 0.3) is 0 Å². The molecule has 1 aromatic rings. The Hall–Kier alpha value is -2.66. The summed E-state index contributed by atoms with van der Waals surface area (Å²) in [7, 11) is 0. The molecule has 0 spiro atoms. The second kappa shape index (κ2) is 12.5. The van der Waals surface area contributed by atoms with E-state index in [-0.39, 0.29) is 17.7 Å². The topological polar surface area (TPSA) is 116 Å². The third kappa shape index (κ3) is 8.19. The highest BCUT2D eigenvalue weighted by Gasteiger charge is 2.38. The van der Waals surface area contributed by atoms with Gasteiger partial charge in [-0.05, 0) is 68.7 Å². The Labute approximate surface area is 209 Å². The van der Waals surface area contributed by atoms with Gasteiger partial charge < -0.3 is 15.7 Å². The van der Waals surface area contributed by atoms with Gasteiger partial charge in [0.2, 0.25) is 11.8 Å². The number of hydrogen-bond donors (Lipinski definition) is 3. The summed E-state index contributed by atoms with van der Waals surface area (Å²) in [5.74, 6) is -2.41. The molecule has 36 heavy (non-hydrogen) atoms. The molecule has 1 saturated carbocycles. The molecule has 200 valence electrons. The highest BCUT2D eigenvalue weighted by atomic mass is 19.4. The minimum absolute atomic E-state index is 0.159. The van der Waals surface area contributed by atoms with Gasteiger partial charge in [0.1, 0.15) is 0 Å². The number of nitrogens with zero attached hydrogens (tertiary/aromatic N) is 2. The summed E-state index contributed by atoms with van der Waals surface area (Å²) >= 11 is 0. The molecular weight excluding hydrogens is 477 g/mol. The van der Waals surface area contributed by atoms with E-state index in [2.05, 4.69) is 39.4 Å². The molecular formula is C25H35F3N4O4. The van der Waals surface area contributed by atoms with Crippen molar-refractivity contribution in [1.29, 1.82) is 0 Å². The van der Waals surface area contributed by atoms with Crippen LogP contribution in [0, 0.1) is 5.92 Å². The highest BCUT2D eigenvalue weighted by Crippen LogP contribution is 2.28. The normalized spacial score (nSPS) is 25.6. The van der Waals surface area contributed by atoms with Crippen molar-refractivity contribution in [3.05, 3.63) is 29.8 Å². The zero-order valence-corrected chi connectivity index (χ0v) is 20.3. The lowest BCUT2D eigenvalue weighted by atomic mass is 9.84. The second-order valence-corrected chi connectivity index (χ2v) is 9.80. The van der Waals surface area contributed by atoms with Gasteiger partial charge in [-0.15, -0.1) is 0 Å². The molecule has 8 nitrogen and oxygen atoms in total. The molecule has 4 rings (SSSR count). The van der Waals surface area contributed by atoms with Gasteiger partial charge >= 0.3 is 12.1 Å². The number of carbonyl (C=O) groups excluding carboxylic acids is 2. The Morgan fingerprint density at radius 1 is 1.00 bits per heavy atom. The zero-order chi connectivity index (χ0) is 26.3. The van der Waals surface area contributed by atoms with E-state index in [9.17, 15) is 22.8 Å². The van der Waals surface area contributed by atoms with E-state index in [1.165, 1.54) is 44.3 Å². The van der Waals surface area contributed by atoms with Crippen LogP contribution in [-0.4, -0.2) is 72.7 Å². The van der Waals surface area contributed by atoms with Crippen LogP contribution in [0.15, 0.2) is 24.3 Å². The predicted molar refractivity (Wildman–Crippen MR) is 128 cm³/mol. The minimum Gasteiger partial charge on any atom is -0.475 e. The van der Waals surface area contributed by atoms with Crippen LogP contribution in [0.2, 0.25) is 0 Å². The number of rotatable bonds is 5. The molecule has 0 aromatic heterocycles. The summed E-state index contributed by atoms with van der Waals surface area (Å²) in [6.07, 6.45) is 2.28. The number of piperidine rings is 1. The summed E-state index contributed by atoms with van der Waals surface area (Å²) in [4.78, 5) is 37.3. The fraction of sp³-hybridized carbons (Fsp3) is 0.640. The van der Waals surface area contributed by atoms with Crippen LogP contribution in [0.3, 0.4) is 0 Å². The van der Waals surface area contributed by atoms with E-state index in [1.54, 1.807) is 0 Å². The molecule has 11 heteroatoms. The number of carboxylic acid groups (broad SMARTS) is 1. The van der Waals surface area contributed by atoms with Crippen molar-refractivity contribution in [2.75, 3.05) is 37.6 Å². The number of carbonyl (C=O) groups is 3. The van der Waals surface area contributed by atoms with Crippen LogP contribution in [0.4, 0.5) is 18.9 Å². The smallest absolute Gasteiger partial charge is 0.475 e. The van der Waals surface area contributed by atoms with Gasteiger partial charge in [0.05, 0.1) is 5.92 Å². The van der Waals surface area contributed by atoms with Gasteiger partial charge in [-0.2, -0.15) is 13.2 Å². The molecule has 2 amide bonds. The molecule has 3 aliphatic rings. The average molecular weight is 513 g/mol. The van der Waals surface area contributed by atoms with Crippen molar-refractivity contribution in [2.24, 2.45) is 11.7 Å². The maximum absolute atomic E-state index is 12.1. The van der Waals surface area contributed by atoms with Crippen molar-refractivity contribution < 1.29 is 32.7 Å². The van der Waals surface area contributed by atoms with Crippen LogP contribution >= 0.6 is 0 Å². The first kappa shape index (κ1) is 27.9. The van der Waals surface area contributed by atoms with Gasteiger partial charge in [-0.1, -0.05) is 12.1 Å². The van der Waals surface area contributed by atoms with E-state index < -0.39 is 12.1 Å². The van der Waals surface area contributed by atoms with Crippen molar-refractivity contribution in [3.8, 4) is 0 Å². The molecule has 1 unspecified atom stereocenters. The average Bonchev–Trinajstić information content (AvgIpc) is 2.84. The molecule has 2 heterocycles. The Morgan fingerprint density at radius 3 is 2.11 bits per heavy atom. The number of aliphatic carboxylic acids is 1. The fourth-order valence-corrected chi connectivity index (χ4v) is 5.00. The summed E-state index contributed by atoms with van der Waals surface area (Å²) in [6.45, 7) is 5.53. The number of amides is 2.